The lowest BCUT2D eigenvalue weighted by atomic mass is 10.1. The number of hydrogen-bond acceptors (Lipinski definition) is 9. The molecule has 19 heteroatoms. The summed E-state index contributed by atoms with van der Waals surface area (Å²) >= 11 is 3.03. The molecule has 0 spiro atoms. The average Bonchev–Trinajstić information content (AvgIpc) is 3.15. The first-order valence-corrected chi connectivity index (χ1v) is 19.9. The van der Waals surface area contributed by atoms with E-state index in [1.165, 1.54) is 19.1 Å². The van der Waals surface area contributed by atoms with Gasteiger partial charge in [0.25, 0.3) is 19.7 Å². The predicted octanol–water partition coefficient (Wildman–Crippen LogP) is 10.7. The van der Waals surface area contributed by atoms with Gasteiger partial charge in [-0.1, -0.05) is 48.5 Å². The van der Waals surface area contributed by atoms with Crippen molar-refractivity contribution in [2.24, 2.45) is 0 Å². The Labute approximate surface area is 335 Å². The van der Waals surface area contributed by atoms with E-state index in [-0.39, 0.29) is 39.5 Å². The lowest BCUT2D eigenvalue weighted by Gasteiger charge is -2.16. The normalized spacial score (nSPS) is 11.9. The molecule has 0 unspecified atom stereocenters. The van der Waals surface area contributed by atoms with Crippen molar-refractivity contribution >= 4 is 47.6 Å². The Morgan fingerprint density at radius 3 is 1.98 bits per heavy atom. The molecule has 0 bridgehead atoms. The first kappa shape index (κ1) is 45.0. The molecule has 0 aliphatic rings. The van der Waals surface area contributed by atoms with Crippen molar-refractivity contribution < 1.29 is 66.6 Å². The number of alkyl halides is 6. The zero-order valence-electron chi connectivity index (χ0n) is 29.7. The van der Waals surface area contributed by atoms with Gasteiger partial charge in [0.2, 0.25) is 0 Å². The van der Waals surface area contributed by atoms with Crippen LogP contribution in [0.3, 0.4) is 0 Å². The van der Waals surface area contributed by atoms with Crippen LogP contribution in [0.5, 0.6) is 23.0 Å². The van der Waals surface area contributed by atoms with E-state index in [0.717, 1.165) is 48.0 Å². The fraction of sp³-hybridized carbons (Fsp3) is 0.128. The number of nitriles is 1. The molecule has 304 valence electrons. The van der Waals surface area contributed by atoms with E-state index >= 15 is 0 Å². The number of rotatable bonds is 10. The molecule has 0 aliphatic carbocycles. The van der Waals surface area contributed by atoms with Crippen molar-refractivity contribution in [2.75, 3.05) is 0 Å². The minimum absolute atomic E-state index is 0.0693. The zero-order chi connectivity index (χ0) is 43.1. The van der Waals surface area contributed by atoms with Gasteiger partial charge in [0, 0.05) is 23.3 Å². The Kier molecular flexibility index (Phi) is 14.2. The molecule has 5 rings (SSSR count). The molecule has 0 radical (unpaired) electrons. The van der Waals surface area contributed by atoms with E-state index in [9.17, 15) is 52.4 Å². The van der Waals surface area contributed by atoms with Gasteiger partial charge in [-0.25, -0.2) is 26.0 Å². The van der Waals surface area contributed by atoms with Crippen LogP contribution in [0.4, 0.5) is 30.7 Å². The lowest BCUT2D eigenvalue weighted by Crippen LogP contribution is -2.24. The van der Waals surface area contributed by atoms with Gasteiger partial charge in [0.1, 0.15) is 35.4 Å². The van der Waals surface area contributed by atoms with Crippen molar-refractivity contribution in [1.29, 1.82) is 5.26 Å². The molecule has 0 N–H and O–H groups in total. The number of para-hydroxylation sites is 1. The van der Waals surface area contributed by atoms with Crippen LogP contribution < -0.4 is 9.47 Å². The van der Waals surface area contributed by atoms with Crippen LogP contribution in [0.2, 0.25) is 0 Å². The molecule has 0 atom stereocenters. The fourth-order valence-corrected chi connectivity index (χ4v) is 7.16. The number of aryl methyl sites for hydroxylation is 1. The number of benzene rings is 5. The minimum atomic E-state index is -5.80. The summed E-state index contributed by atoms with van der Waals surface area (Å²) in [6.45, 7) is 2.97. The van der Waals surface area contributed by atoms with Gasteiger partial charge in [0.05, 0.1) is 25.9 Å². The second-order valence-electron chi connectivity index (χ2n) is 11.8. The van der Waals surface area contributed by atoms with Gasteiger partial charge in [-0.3, -0.25) is 0 Å². The van der Waals surface area contributed by atoms with Crippen LogP contribution in [0.25, 0.3) is 6.08 Å². The molecule has 0 heterocycles. The summed E-state index contributed by atoms with van der Waals surface area (Å²) < 4.78 is 155. The molecular weight excluding hydrogens is 887 g/mol. The standard InChI is InChI=1S/C25H17F4NO5S.C14H10BrF3O3S/c1-16-21(7-10-24(31)34-15-17-5-3-2-4-6-17)23(36(32,33)25(27,28)29)9-8-22(16)35-20-12-18(14-30)11-19(26)13-20;1-9-4-2-3-5-12(9)21-13-7-6-10(8-11(13)15)22(19,20)14(16,17)18/h2-13H,15H2,1H3;2-8H,1H3/b10-7+;. The van der Waals surface area contributed by atoms with E-state index in [1.807, 2.05) is 19.1 Å². The highest BCUT2D eigenvalue weighted by Crippen LogP contribution is 2.39. The fourth-order valence-electron chi connectivity index (χ4n) is 4.76. The highest BCUT2D eigenvalue weighted by Gasteiger charge is 2.48. The molecule has 0 saturated carbocycles. The molecule has 0 saturated heterocycles. The van der Waals surface area contributed by atoms with Crippen molar-refractivity contribution in [3.63, 3.8) is 0 Å². The summed E-state index contributed by atoms with van der Waals surface area (Å²) in [6.07, 6.45) is 1.67. The molecule has 0 amide bonds. The Morgan fingerprint density at radius 2 is 1.38 bits per heavy atom. The molecule has 58 heavy (non-hydrogen) atoms. The minimum Gasteiger partial charge on any atom is -0.458 e. The van der Waals surface area contributed by atoms with Gasteiger partial charge in [-0.2, -0.15) is 31.6 Å². The highest BCUT2D eigenvalue weighted by atomic mass is 79.9. The first-order valence-electron chi connectivity index (χ1n) is 16.1. The van der Waals surface area contributed by atoms with Crippen LogP contribution in [-0.2, 0) is 35.8 Å². The van der Waals surface area contributed by atoms with Crippen LogP contribution in [0.15, 0.2) is 123 Å². The molecule has 0 aromatic heterocycles. The zero-order valence-corrected chi connectivity index (χ0v) is 32.9. The van der Waals surface area contributed by atoms with Gasteiger partial charge in [-0.15, -0.1) is 0 Å². The summed E-state index contributed by atoms with van der Waals surface area (Å²) in [5.41, 5.74) is -10.1. The number of carbonyl (C=O) groups excluding carboxylic acids is 1. The number of hydrogen-bond donors (Lipinski definition) is 0. The molecule has 0 fully saturated rings. The predicted molar refractivity (Wildman–Crippen MR) is 200 cm³/mol. The number of carbonyl (C=O) groups is 1. The Balaban J connectivity index is 0.000000289. The van der Waals surface area contributed by atoms with Crippen molar-refractivity contribution in [1.82, 2.24) is 0 Å². The third-order valence-electron chi connectivity index (χ3n) is 7.69. The molecular formula is C39H27BrF7NO8S2. The maximum Gasteiger partial charge on any atom is 0.501 e. The van der Waals surface area contributed by atoms with Crippen LogP contribution in [-0.4, -0.2) is 33.8 Å². The number of ether oxygens (including phenoxy) is 3. The van der Waals surface area contributed by atoms with Crippen molar-refractivity contribution in [3.05, 3.63) is 147 Å². The van der Waals surface area contributed by atoms with Gasteiger partial charge in [-0.05, 0) is 95.5 Å². The SMILES string of the molecule is Cc1c(Oc2cc(F)cc(C#N)c2)ccc(S(=O)(=O)C(F)(F)F)c1/C=C/C(=O)OCc1ccccc1.Cc1ccccc1Oc1ccc(S(=O)(=O)C(F)(F)F)cc1Br. The summed E-state index contributed by atoms with van der Waals surface area (Å²) in [4.78, 5) is 10.2. The van der Waals surface area contributed by atoms with E-state index in [1.54, 1.807) is 48.5 Å². The van der Waals surface area contributed by atoms with Crippen molar-refractivity contribution in [2.45, 2.75) is 41.3 Å². The quantitative estimate of drug-likeness (QED) is 0.0762. The van der Waals surface area contributed by atoms with Crippen molar-refractivity contribution in [3.8, 4) is 29.1 Å². The number of esters is 1. The average molecular weight is 915 g/mol. The second kappa shape index (κ2) is 18.3. The number of sulfone groups is 2. The van der Waals surface area contributed by atoms with E-state index in [2.05, 4.69) is 15.9 Å². The van der Waals surface area contributed by atoms with Gasteiger partial charge >= 0.3 is 17.0 Å². The second-order valence-corrected chi connectivity index (χ2v) is 16.5. The molecule has 0 aliphatic heterocycles. The maximum absolute atomic E-state index is 13.8. The molecule has 5 aromatic rings. The van der Waals surface area contributed by atoms with Crippen LogP contribution >= 0.6 is 15.9 Å². The van der Waals surface area contributed by atoms with Crippen LogP contribution in [0.1, 0.15) is 27.8 Å². The highest BCUT2D eigenvalue weighted by molar-refractivity contribution is 9.10. The summed E-state index contributed by atoms with van der Waals surface area (Å²) in [5, 5.41) is 8.99. The monoisotopic (exact) mass is 913 g/mol. The lowest BCUT2D eigenvalue weighted by molar-refractivity contribution is -0.138. The summed E-state index contributed by atoms with van der Waals surface area (Å²) in [7, 11) is -11.2. The topological polar surface area (TPSA) is 137 Å². The van der Waals surface area contributed by atoms with E-state index in [4.69, 9.17) is 19.5 Å². The third-order valence-corrected chi connectivity index (χ3v) is 11.3. The van der Waals surface area contributed by atoms with Gasteiger partial charge < -0.3 is 14.2 Å². The smallest absolute Gasteiger partial charge is 0.458 e. The van der Waals surface area contributed by atoms with Gasteiger partial charge in [0.15, 0.2) is 0 Å². The summed E-state index contributed by atoms with van der Waals surface area (Å²) in [6, 6.07) is 25.0. The Bertz CT molecular complexity index is 2610. The van der Waals surface area contributed by atoms with E-state index in [0.29, 0.717) is 17.4 Å². The largest absolute Gasteiger partial charge is 0.501 e. The summed E-state index contributed by atoms with van der Waals surface area (Å²) in [5.74, 6) is -1.24. The number of nitrogens with zero attached hydrogens (tertiary/aromatic N) is 1. The number of halogens is 8. The molecule has 9 nitrogen and oxygen atoms in total. The maximum atomic E-state index is 13.8. The first-order chi connectivity index (χ1) is 27.0. The van der Waals surface area contributed by atoms with E-state index < -0.39 is 57.8 Å². The van der Waals surface area contributed by atoms with Crippen LogP contribution in [0, 0.1) is 31.0 Å². The Morgan fingerprint density at radius 1 is 0.759 bits per heavy atom. The molecule has 5 aromatic carbocycles. The Hall–Kier alpha value is -5.71. The third kappa shape index (κ3) is 11.0.